The largest absolute Gasteiger partial charge is 0.496 e. The summed E-state index contributed by atoms with van der Waals surface area (Å²) in [6.07, 6.45) is 17.4. The number of aromatic nitrogens is 2. The molecule has 2 amide bonds. The molecule has 0 spiro atoms. The number of nitrogens with one attached hydrogen (secondary N) is 2. The smallest absolute Gasteiger partial charge is 0.272 e. The van der Waals surface area contributed by atoms with Crippen LogP contribution >= 0.6 is 0 Å². The van der Waals surface area contributed by atoms with Gasteiger partial charge in [0.05, 0.1) is 31.5 Å². The lowest BCUT2D eigenvalue weighted by molar-refractivity contribution is -0.122. The van der Waals surface area contributed by atoms with Crippen LogP contribution in [0.3, 0.4) is 0 Å². The number of nitrogens with zero attached hydrogens (tertiary/aromatic N) is 2. The van der Waals surface area contributed by atoms with Crippen molar-refractivity contribution in [1.82, 2.24) is 20.4 Å². The highest BCUT2D eigenvalue weighted by atomic mass is 16.5. The third-order valence-electron chi connectivity index (χ3n) is 9.46. The lowest BCUT2D eigenvalue weighted by atomic mass is 9.85. The molecule has 0 radical (unpaired) electrons. The minimum atomic E-state index is -0.222. The van der Waals surface area contributed by atoms with Gasteiger partial charge in [-0.2, -0.15) is 5.10 Å². The Hall–Kier alpha value is -3.03. The van der Waals surface area contributed by atoms with E-state index < -0.39 is 0 Å². The number of ether oxygens (including phenoxy) is 2. The van der Waals surface area contributed by atoms with Crippen LogP contribution in [0.4, 0.5) is 0 Å². The maximum absolute atomic E-state index is 13.8. The second kappa shape index (κ2) is 14.2. The van der Waals surface area contributed by atoms with E-state index in [0.29, 0.717) is 35.6 Å². The lowest BCUT2D eigenvalue weighted by Crippen LogP contribution is -2.44. The second-order valence-corrected chi connectivity index (χ2v) is 12.3. The van der Waals surface area contributed by atoms with Gasteiger partial charge in [-0.1, -0.05) is 57.4 Å². The normalized spacial score (nSPS) is 19.3. The molecule has 1 atom stereocenters. The summed E-state index contributed by atoms with van der Waals surface area (Å²) in [7, 11) is 3.30. The fourth-order valence-corrected chi connectivity index (χ4v) is 6.86. The van der Waals surface area contributed by atoms with E-state index in [1.165, 1.54) is 44.9 Å². The van der Waals surface area contributed by atoms with Gasteiger partial charge in [0.1, 0.15) is 11.5 Å². The summed E-state index contributed by atoms with van der Waals surface area (Å²) >= 11 is 0. The van der Waals surface area contributed by atoms with Gasteiger partial charge < -0.3 is 20.1 Å². The van der Waals surface area contributed by atoms with E-state index in [1.54, 1.807) is 14.2 Å². The first kappa shape index (κ1) is 29.5. The van der Waals surface area contributed by atoms with Crippen LogP contribution in [-0.4, -0.2) is 47.9 Å². The predicted molar refractivity (Wildman–Crippen MR) is 160 cm³/mol. The van der Waals surface area contributed by atoms with Gasteiger partial charge >= 0.3 is 0 Å². The number of carbonyl (C=O) groups is 2. The zero-order chi connectivity index (χ0) is 28.6. The first-order valence-corrected chi connectivity index (χ1v) is 16.0. The zero-order valence-electron chi connectivity index (χ0n) is 25.0. The van der Waals surface area contributed by atoms with Crippen LogP contribution in [0.1, 0.15) is 119 Å². The summed E-state index contributed by atoms with van der Waals surface area (Å²) in [5.74, 6) is 1.88. The molecule has 1 aromatic carbocycles. The van der Waals surface area contributed by atoms with Gasteiger partial charge in [-0.3, -0.25) is 14.3 Å². The van der Waals surface area contributed by atoms with Crippen LogP contribution in [0.5, 0.6) is 11.5 Å². The van der Waals surface area contributed by atoms with E-state index in [4.69, 9.17) is 14.6 Å². The van der Waals surface area contributed by atoms with Crippen molar-refractivity contribution in [3.8, 4) is 22.8 Å². The van der Waals surface area contributed by atoms with E-state index in [9.17, 15) is 9.59 Å². The Kier molecular flexibility index (Phi) is 10.2. The molecule has 224 valence electrons. The predicted octanol–water partition coefficient (Wildman–Crippen LogP) is 6.59. The third kappa shape index (κ3) is 7.44. The van der Waals surface area contributed by atoms with Crippen molar-refractivity contribution >= 4 is 11.8 Å². The Morgan fingerprint density at radius 2 is 1.59 bits per heavy atom. The van der Waals surface area contributed by atoms with Gasteiger partial charge in [-0.15, -0.1) is 0 Å². The molecule has 0 aliphatic heterocycles. The quantitative estimate of drug-likeness (QED) is 0.303. The molecule has 1 heterocycles. The SMILES string of the molecule is COc1cccc(OC)c1-c1cc(C(=O)NC(CCC2CCCCC2)CC(=O)NC2CCC2)nn1C1CCCCC1. The molecule has 3 aliphatic carbocycles. The number of amides is 2. The highest BCUT2D eigenvalue weighted by Gasteiger charge is 2.28. The Balaban J connectivity index is 1.38. The first-order valence-electron chi connectivity index (χ1n) is 16.0. The van der Waals surface area contributed by atoms with E-state index in [1.807, 2.05) is 28.9 Å². The van der Waals surface area contributed by atoms with Gasteiger partial charge in [0.2, 0.25) is 5.91 Å². The number of hydrogen-bond donors (Lipinski definition) is 2. The summed E-state index contributed by atoms with van der Waals surface area (Å²) in [4.78, 5) is 26.7. The lowest BCUT2D eigenvalue weighted by Gasteiger charge is -2.28. The summed E-state index contributed by atoms with van der Waals surface area (Å²) in [6.45, 7) is 0. The maximum atomic E-state index is 13.8. The van der Waals surface area contributed by atoms with Gasteiger partial charge in [-0.05, 0) is 69.1 Å². The number of carbonyl (C=O) groups excluding carboxylic acids is 2. The Morgan fingerprint density at radius 1 is 0.927 bits per heavy atom. The van der Waals surface area contributed by atoms with Gasteiger partial charge in [-0.25, -0.2) is 0 Å². The van der Waals surface area contributed by atoms with Crippen LogP contribution in [0, 0.1) is 5.92 Å². The Bertz CT molecular complexity index is 1140. The third-order valence-corrected chi connectivity index (χ3v) is 9.46. The Labute approximate surface area is 244 Å². The van der Waals surface area contributed by atoms with Gasteiger partial charge in [0.25, 0.3) is 5.91 Å². The van der Waals surface area contributed by atoms with Crippen LogP contribution in [-0.2, 0) is 4.79 Å². The van der Waals surface area contributed by atoms with E-state index >= 15 is 0 Å². The molecule has 5 rings (SSSR count). The molecular formula is C33H48N4O4. The number of rotatable bonds is 12. The van der Waals surface area contributed by atoms with Gasteiger partial charge in [0.15, 0.2) is 5.69 Å². The van der Waals surface area contributed by atoms with E-state index in [0.717, 1.165) is 62.6 Å². The molecule has 8 nitrogen and oxygen atoms in total. The molecule has 3 saturated carbocycles. The molecule has 1 aromatic heterocycles. The zero-order valence-corrected chi connectivity index (χ0v) is 25.0. The molecule has 3 fully saturated rings. The van der Waals surface area contributed by atoms with Crippen molar-refractivity contribution in [2.75, 3.05) is 14.2 Å². The van der Waals surface area contributed by atoms with Gasteiger partial charge in [0, 0.05) is 18.5 Å². The highest BCUT2D eigenvalue weighted by Crippen LogP contribution is 2.41. The fourth-order valence-electron chi connectivity index (χ4n) is 6.86. The average molecular weight is 565 g/mol. The molecule has 0 saturated heterocycles. The van der Waals surface area contributed by atoms with Crippen molar-refractivity contribution in [3.63, 3.8) is 0 Å². The van der Waals surface area contributed by atoms with Crippen molar-refractivity contribution < 1.29 is 19.1 Å². The standard InChI is InChI=1S/C33H48N4O4/c1-40-29-17-10-18-30(41-2)32(29)28-22-27(36-37(28)26-15-7-4-8-16-26)33(39)35-25(20-19-23-11-5-3-6-12-23)21-31(38)34-24-13-9-14-24/h10,17-18,22-26H,3-9,11-16,19-21H2,1-2H3,(H,34,38)(H,35,39). The monoisotopic (exact) mass is 564 g/mol. The van der Waals surface area contributed by atoms with Crippen molar-refractivity contribution in [3.05, 3.63) is 30.0 Å². The summed E-state index contributed by atoms with van der Waals surface area (Å²) < 4.78 is 13.5. The molecule has 8 heteroatoms. The molecule has 41 heavy (non-hydrogen) atoms. The molecular weight excluding hydrogens is 516 g/mol. The molecule has 2 N–H and O–H groups in total. The summed E-state index contributed by atoms with van der Waals surface area (Å²) in [6, 6.07) is 7.90. The molecule has 2 aromatic rings. The molecule has 1 unspecified atom stereocenters. The first-order chi connectivity index (χ1) is 20.1. The maximum Gasteiger partial charge on any atom is 0.272 e. The number of hydrogen-bond acceptors (Lipinski definition) is 5. The highest BCUT2D eigenvalue weighted by molar-refractivity contribution is 5.94. The minimum absolute atomic E-state index is 0.0378. The van der Waals surface area contributed by atoms with E-state index in [-0.39, 0.29) is 23.9 Å². The topological polar surface area (TPSA) is 94.5 Å². The van der Waals surface area contributed by atoms with Crippen molar-refractivity contribution in [1.29, 1.82) is 0 Å². The minimum Gasteiger partial charge on any atom is -0.496 e. The van der Waals surface area contributed by atoms with Crippen LogP contribution in [0.2, 0.25) is 0 Å². The second-order valence-electron chi connectivity index (χ2n) is 12.3. The summed E-state index contributed by atoms with van der Waals surface area (Å²) in [5, 5.41) is 11.3. The number of methoxy groups -OCH3 is 2. The van der Waals surface area contributed by atoms with E-state index in [2.05, 4.69) is 10.6 Å². The summed E-state index contributed by atoms with van der Waals surface area (Å²) in [5.41, 5.74) is 2.02. The molecule has 0 bridgehead atoms. The van der Waals surface area contributed by atoms with Crippen LogP contribution in [0.15, 0.2) is 24.3 Å². The average Bonchev–Trinajstić information content (AvgIpc) is 3.43. The Morgan fingerprint density at radius 3 is 2.20 bits per heavy atom. The van der Waals surface area contributed by atoms with Crippen molar-refractivity contribution in [2.45, 2.75) is 121 Å². The fraction of sp³-hybridized carbons (Fsp3) is 0.667. The van der Waals surface area contributed by atoms with Crippen LogP contribution < -0.4 is 20.1 Å². The van der Waals surface area contributed by atoms with Crippen molar-refractivity contribution in [2.24, 2.45) is 5.92 Å². The molecule has 3 aliphatic rings. The number of benzene rings is 1. The van der Waals surface area contributed by atoms with Crippen LogP contribution in [0.25, 0.3) is 11.3 Å².